The third kappa shape index (κ3) is 12.2. The minimum atomic E-state index is 1.22. The quantitative estimate of drug-likeness (QED) is 0.243. The van der Waals surface area contributed by atoms with Crippen molar-refractivity contribution in [3.8, 4) is 0 Å². The Bertz CT molecular complexity index is 162. The first-order valence-corrected chi connectivity index (χ1v) is 8.53. The Morgan fingerprint density at radius 2 is 1.06 bits per heavy atom. The van der Waals surface area contributed by atoms with Gasteiger partial charge in [-0.1, -0.05) is 83.8 Å². The highest BCUT2D eigenvalue weighted by Crippen LogP contribution is 2.18. The molecule has 0 aliphatic carbocycles. The Kier molecular flexibility index (Phi) is 14.6. The van der Waals surface area contributed by atoms with Gasteiger partial charge in [0.2, 0.25) is 0 Å². The van der Waals surface area contributed by atoms with Crippen molar-refractivity contribution in [2.75, 3.05) is 0 Å². The van der Waals surface area contributed by atoms with Crippen LogP contribution in [0, 0.1) is 0 Å². The minimum Gasteiger partial charge on any atom is -0.0856 e. The summed E-state index contributed by atoms with van der Waals surface area (Å²) >= 11 is 0. The fourth-order valence-electron chi connectivity index (χ4n) is 2.53. The van der Waals surface area contributed by atoms with Crippen molar-refractivity contribution < 1.29 is 0 Å². The number of unbranched alkanes of at least 4 members (excludes halogenated alkanes) is 8. The van der Waals surface area contributed by atoms with Gasteiger partial charge in [0.05, 0.1) is 0 Å². The van der Waals surface area contributed by atoms with E-state index in [-0.39, 0.29) is 0 Å². The van der Waals surface area contributed by atoms with Crippen LogP contribution in [0.1, 0.15) is 104 Å². The van der Waals surface area contributed by atoms with Crippen LogP contribution < -0.4 is 0 Å². The van der Waals surface area contributed by atoms with Gasteiger partial charge in [0.1, 0.15) is 0 Å². The minimum absolute atomic E-state index is 1.22. The molecule has 0 aliphatic heterocycles. The Hall–Kier alpha value is -0.260. The van der Waals surface area contributed by atoms with Crippen LogP contribution in [0.2, 0.25) is 0 Å². The number of hydrogen-bond donors (Lipinski definition) is 0. The Balaban J connectivity index is 3.56. The van der Waals surface area contributed by atoms with E-state index < -0.39 is 0 Å². The summed E-state index contributed by atoms with van der Waals surface area (Å²) in [5, 5.41) is 0. The van der Waals surface area contributed by atoms with Gasteiger partial charge in [-0.25, -0.2) is 0 Å². The standard InChI is InChI=1S/C18H36/c1-4-7-9-11-13-16-18(15-6-3)17-14-12-10-8-5-2/h15H,4-14,16-17H2,1-3H3. The summed E-state index contributed by atoms with van der Waals surface area (Å²) in [6.45, 7) is 6.85. The van der Waals surface area contributed by atoms with Gasteiger partial charge in [-0.05, 0) is 32.1 Å². The second-order valence-electron chi connectivity index (χ2n) is 5.60. The summed E-state index contributed by atoms with van der Waals surface area (Å²) in [7, 11) is 0. The summed E-state index contributed by atoms with van der Waals surface area (Å²) in [6, 6.07) is 0. The molecule has 0 saturated carbocycles. The van der Waals surface area contributed by atoms with Crippen molar-refractivity contribution in [1.29, 1.82) is 0 Å². The monoisotopic (exact) mass is 252 g/mol. The molecule has 0 unspecified atom stereocenters. The van der Waals surface area contributed by atoms with Gasteiger partial charge in [-0.2, -0.15) is 0 Å². The first-order chi connectivity index (χ1) is 8.85. The summed E-state index contributed by atoms with van der Waals surface area (Å²) < 4.78 is 0. The predicted octanol–water partition coefficient (Wildman–Crippen LogP) is 7.04. The zero-order valence-corrected chi connectivity index (χ0v) is 13.3. The largest absolute Gasteiger partial charge is 0.0856 e. The van der Waals surface area contributed by atoms with E-state index in [1.807, 2.05) is 0 Å². The van der Waals surface area contributed by atoms with E-state index in [0.29, 0.717) is 0 Å². The Morgan fingerprint density at radius 1 is 0.611 bits per heavy atom. The van der Waals surface area contributed by atoms with Gasteiger partial charge in [0, 0.05) is 0 Å². The molecule has 0 fully saturated rings. The zero-order valence-electron chi connectivity index (χ0n) is 13.3. The summed E-state index contributed by atoms with van der Waals surface area (Å²) in [4.78, 5) is 0. The first-order valence-electron chi connectivity index (χ1n) is 8.53. The van der Waals surface area contributed by atoms with E-state index in [4.69, 9.17) is 0 Å². The van der Waals surface area contributed by atoms with E-state index in [9.17, 15) is 0 Å². The molecule has 108 valence electrons. The van der Waals surface area contributed by atoms with Crippen molar-refractivity contribution in [3.05, 3.63) is 11.6 Å². The smallest absolute Gasteiger partial charge is 0.0320 e. The molecule has 0 heteroatoms. The molecule has 0 aromatic heterocycles. The fraction of sp³-hybridized carbons (Fsp3) is 0.889. The molecule has 0 rings (SSSR count). The third-order valence-electron chi connectivity index (χ3n) is 3.70. The molecule has 0 heterocycles. The molecule has 0 atom stereocenters. The molecule has 0 aliphatic rings. The van der Waals surface area contributed by atoms with Crippen LogP contribution in [0.25, 0.3) is 0 Å². The maximum atomic E-state index is 2.49. The average molecular weight is 252 g/mol. The van der Waals surface area contributed by atoms with Crippen molar-refractivity contribution in [2.24, 2.45) is 0 Å². The van der Waals surface area contributed by atoms with E-state index in [1.54, 1.807) is 5.57 Å². The molecule has 0 aromatic carbocycles. The maximum absolute atomic E-state index is 2.49. The lowest BCUT2D eigenvalue weighted by Gasteiger charge is -2.07. The highest BCUT2D eigenvalue weighted by molar-refractivity contribution is 5.01. The van der Waals surface area contributed by atoms with Gasteiger partial charge in [0.25, 0.3) is 0 Å². The number of rotatable bonds is 13. The van der Waals surface area contributed by atoms with Crippen LogP contribution >= 0.6 is 0 Å². The fourth-order valence-corrected chi connectivity index (χ4v) is 2.53. The average Bonchev–Trinajstić information content (AvgIpc) is 2.38. The topological polar surface area (TPSA) is 0 Å². The van der Waals surface area contributed by atoms with E-state index in [1.165, 1.54) is 83.5 Å². The maximum Gasteiger partial charge on any atom is -0.0320 e. The molecule has 18 heavy (non-hydrogen) atoms. The van der Waals surface area contributed by atoms with Gasteiger partial charge in [-0.3, -0.25) is 0 Å². The highest BCUT2D eigenvalue weighted by atomic mass is 14.0. The van der Waals surface area contributed by atoms with Crippen LogP contribution in [0.15, 0.2) is 11.6 Å². The lowest BCUT2D eigenvalue weighted by molar-refractivity contribution is 0.599. The molecule has 0 saturated heterocycles. The van der Waals surface area contributed by atoms with E-state index in [0.717, 1.165) is 0 Å². The van der Waals surface area contributed by atoms with Crippen molar-refractivity contribution in [2.45, 2.75) is 104 Å². The highest BCUT2D eigenvalue weighted by Gasteiger charge is 1.98. The number of allylic oxidation sites excluding steroid dienone is 2. The summed E-state index contributed by atoms with van der Waals surface area (Å²) in [5.41, 5.74) is 1.74. The Labute approximate surface area is 116 Å². The molecule has 0 nitrogen and oxygen atoms in total. The van der Waals surface area contributed by atoms with Crippen molar-refractivity contribution >= 4 is 0 Å². The van der Waals surface area contributed by atoms with Crippen LogP contribution in [0.5, 0.6) is 0 Å². The van der Waals surface area contributed by atoms with Crippen molar-refractivity contribution in [3.63, 3.8) is 0 Å². The normalized spacial score (nSPS) is 10.6. The SMILES string of the molecule is CCC=C(CCCCCCC)CCCCCCC. The van der Waals surface area contributed by atoms with Crippen LogP contribution in [0.4, 0.5) is 0 Å². The molecular weight excluding hydrogens is 216 g/mol. The second-order valence-corrected chi connectivity index (χ2v) is 5.60. The summed E-state index contributed by atoms with van der Waals surface area (Å²) in [5.74, 6) is 0. The first kappa shape index (κ1) is 17.7. The lowest BCUT2D eigenvalue weighted by atomic mass is 9.99. The van der Waals surface area contributed by atoms with Crippen LogP contribution in [0.3, 0.4) is 0 Å². The van der Waals surface area contributed by atoms with Gasteiger partial charge in [0.15, 0.2) is 0 Å². The third-order valence-corrected chi connectivity index (χ3v) is 3.70. The van der Waals surface area contributed by atoms with Gasteiger partial charge >= 0.3 is 0 Å². The molecule has 0 bridgehead atoms. The van der Waals surface area contributed by atoms with Gasteiger partial charge in [-0.15, -0.1) is 0 Å². The van der Waals surface area contributed by atoms with E-state index >= 15 is 0 Å². The molecule has 0 spiro atoms. The molecule has 0 radical (unpaired) electrons. The van der Waals surface area contributed by atoms with Crippen LogP contribution in [-0.2, 0) is 0 Å². The zero-order chi connectivity index (χ0) is 13.5. The summed E-state index contributed by atoms with van der Waals surface area (Å²) in [6.07, 6.45) is 20.6. The van der Waals surface area contributed by atoms with Crippen LogP contribution in [-0.4, -0.2) is 0 Å². The molecule has 0 amide bonds. The van der Waals surface area contributed by atoms with E-state index in [2.05, 4.69) is 26.8 Å². The lowest BCUT2D eigenvalue weighted by Crippen LogP contribution is -1.88. The predicted molar refractivity (Wildman–Crippen MR) is 85.1 cm³/mol. The molecule has 0 N–H and O–H groups in total. The molecular formula is C18H36. The Morgan fingerprint density at radius 3 is 1.44 bits per heavy atom. The van der Waals surface area contributed by atoms with Crippen molar-refractivity contribution in [1.82, 2.24) is 0 Å². The number of hydrogen-bond acceptors (Lipinski definition) is 0. The second kappa shape index (κ2) is 14.8. The molecule has 0 aromatic rings. The van der Waals surface area contributed by atoms with Gasteiger partial charge < -0.3 is 0 Å².